The van der Waals surface area contributed by atoms with Gasteiger partial charge in [0.15, 0.2) is 11.6 Å². The van der Waals surface area contributed by atoms with Crippen molar-refractivity contribution in [2.45, 2.75) is 96.0 Å². The third-order valence-electron chi connectivity index (χ3n) is 8.63. The summed E-state index contributed by atoms with van der Waals surface area (Å²) in [6, 6.07) is 3.59. The van der Waals surface area contributed by atoms with Crippen molar-refractivity contribution in [3.8, 4) is 5.75 Å². The molecular weight excluding hydrogens is 650 g/mol. The van der Waals surface area contributed by atoms with E-state index in [1.54, 1.807) is 0 Å². The Kier molecular flexibility index (Phi) is 14.4. The van der Waals surface area contributed by atoms with Crippen LogP contribution in [0, 0.1) is 35.1 Å². The summed E-state index contributed by atoms with van der Waals surface area (Å²) >= 11 is 0. The molecule has 48 heavy (non-hydrogen) atoms. The van der Waals surface area contributed by atoms with E-state index < -0.39 is 47.1 Å². The lowest BCUT2D eigenvalue weighted by molar-refractivity contribution is -0.276. The summed E-state index contributed by atoms with van der Waals surface area (Å²) in [5.74, 6) is -6.41. The van der Waals surface area contributed by atoms with Crippen LogP contribution in [0.1, 0.15) is 100 Å². The molecule has 2 fully saturated rings. The molecule has 0 unspecified atom stereocenters. The fourth-order valence-electron chi connectivity index (χ4n) is 6.19. The van der Waals surface area contributed by atoms with Crippen molar-refractivity contribution in [3.63, 3.8) is 0 Å². The molecule has 0 saturated heterocycles. The van der Waals surface area contributed by atoms with Crippen molar-refractivity contribution in [1.82, 2.24) is 0 Å². The van der Waals surface area contributed by atoms with Crippen LogP contribution < -0.4 is 4.74 Å². The van der Waals surface area contributed by atoms with Gasteiger partial charge in [0.2, 0.25) is 5.75 Å². The Balaban J connectivity index is 0.000000260. The summed E-state index contributed by atoms with van der Waals surface area (Å²) in [7, 11) is 0. The lowest BCUT2D eigenvalue weighted by Gasteiger charge is -2.27. The Bertz CT molecular complexity index is 1390. The van der Waals surface area contributed by atoms with Gasteiger partial charge >= 0.3 is 12.5 Å². The van der Waals surface area contributed by atoms with Crippen LogP contribution in [0.25, 0.3) is 0 Å². The van der Waals surface area contributed by atoms with Gasteiger partial charge in [0.1, 0.15) is 17.2 Å². The van der Waals surface area contributed by atoms with E-state index in [4.69, 9.17) is 0 Å². The largest absolute Gasteiger partial charge is 0.573 e. The number of ether oxygens (including phenoxy) is 1. The van der Waals surface area contributed by atoms with Gasteiger partial charge in [-0.05, 0) is 124 Å². The maximum absolute atomic E-state index is 13.8. The SMILES string of the molecule is CC=CC=CC1CCC(c2cc(F)c(OC(F)(F)F)c(F)c2)CC1.CCC=CC=CC1CCC(c2cc(F)c(C(F)(F)F)c(F)c2)CC1. The van der Waals surface area contributed by atoms with Gasteiger partial charge in [-0.15, -0.1) is 13.2 Å². The average Bonchev–Trinajstić information content (AvgIpc) is 3.01. The van der Waals surface area contributed by atoms with Crippen LogP contribution in [-0.4, -0.2) is 6.36 Å². The number of benzene rings is 2. The highest BCUT2D eigenvalue weighted by atomic mass is 19.4. The van der Waals surface area contributed by atoms with E-state index in [0.29, 0.717) is 23.0 Å². The fourth-order valence-corrected chi connectivity index (χ4v) is 6.19. The van der Waals surface area contributed by atoms with Gasteiger partial charge in [-0.1, -0.05) is 55.5 Å². The molecule has 2 aromatic carbocycles. The maximum Gasteiger partial charge on any atom is 0.573 e. The molecule has 0 N–H and O–H groups in total. The van der Waals surface area contributed by atoms with Gasteiger partial charge in [-0.3, -0.25) is 0 Å². The van der Waals surface area contributed by atoms with Gasteiger partial charge in [0.05, 0.1) is 0 Å². The zero-order valence-corrected chi connectivity index (χ0v) is 26.8. The quantitative estimate of drug-likeness (QED) is 0.198. The molecule has 264 valence electrons. The Morgan fingerprint density at radius 2 is 1.04 bits per heavy atom. The predicted molar refractivity (Wildman–Crippen MR) is 166 cm³/mol. The van der Waals surface area contributed by atoms with E-state index in [1.165, 1.54) is 0 Å². The van der Waals surface area contributed by atoms with Crippen LogP contribution in [0.15, 0.2) is 72.9 Å². The van der Waals surface area contributed by atoms with Gasteiger partial charge in [-0.2, -0.15) is 13.2 Å². The minimum absolute atomic E-state index is 0.0553. The normalized spacial score (nSPS) is 22.5. The minimum Gasteiger partial charge on any atom is -0.399 e. The zero-order valence-electron chi connectivity index (χ0n) is 26.8. The molecule has 2 aliphatic rings. The molecule has 2 aliphatic carbocycles. The lowest BCUT2D eigenvalue weighted by Crippen LogP contribution is -2.19. The summed E-state index contributed by atoms with van der Waals surface area (Å²) in [6.45, 7) is 3.98. The lowest BCUT2D eigenvalue weighted by atomic mass is 9.78. The number of halogens is 10. The number of allylic oxidation sites excluding steroid dienone is 8. The Morgan fingerprint density at radius 1 is 0.625 bits per heavy atom. The van der Waals surface area contributed by atoms with Crippen molar-refractivity contribution in [1.29, 1.82) is 0 Å². The summed E-state index contributed by atoms with van der Waals surface area (Å²) in [5, 5.41) is 0. The molecule has 2 saturated carbocycles. The highest BCUT2D eigenvalue weighted by Crippen LogP contribution is 2.41. The first kappa shape index (κ1) is 38.9. The molecule has 0 spiro atoms. The van der Waals surface area contributed by atoms with Crippen LogP contribution in [-0.2, 0) is 6.18 Å². The van der Waals surface area contributed by atoms with Crippen LogP contribution in [0.5, 0.6) is 5.75 Å². The monoisotopic (exact) mass is 690 g/mol. The molecular formula is C37H40F10O. The molecule has 0 amide bonds. The molecule has 4 rings (SSSR count). The molecule has 0 aliphatic heterocycles. The van der Waals surface area contributed by atoms with E-state index >= 15 is 0 Å². The first-order valence-electron chi connectivity index (χ1n) is 16.1. The Morgan fingerprint density at radius 3 is 1.42 bits per heavy atom. The molecule has 0 radical (unpaired) electrons. The van der Waals surface area contributed by atoms with E-state index in [9.17, 15) is 43.9 Å². The van der Waals surface area contributed by atoms with Gasteiger partial charge in [0.25, 0.3) is 0 Å². The van der Waals surface area contributed by atoms with Crippen LogP contribution in [0.2, 0.25) is 0 Å². The van der Waals surface area contributed by atoms with Crippen LogP contribution >= 0.6 is 0 Å². The average molecular weight is 691 g/mol. The second-order valence-electron chi connectivity index (χ2n) is 12.1. The van der Waals surface area contributed by atoms with Crippen molar-refractivity contribution >= 4 is 0 Å². The molecule has 1 nitrogen and oxygen atoms in total. The van der Waals surface area contributed by atoms with E-state index in [0.717, 1.165) is 82.1 Å². The molecule has 2 aromatic rings. The Labute approximate surface area is 275 Å². The second-order valence-corrected chi connectivity index (χ2v) is 12.1. The number of hydrogen-bond donors (Lipinski definition) is 0. The van der Waals surface area contributed by atoms with Crippen LogP contribution in [0.3, 0.4) is 0 Å². The topological polar surface area (TPSA) is 9.23 Å². The Hall–Kier alpha value is -3.50. The predicted octanol–water partition coefficient (Wildman–Crippen LogP) is 13.0. The van der Waals surface area contributed by atoms with Gasteiger partial charge in [0, 0.05) is 0 Å². The first-order valence-corrected chi connectivity index (χ1v) is 16.1. The maximum atomic E-state index is 13.8. The number of rotatable bonds is 8. The van der Waals surface area contributed by atoms with Crippen LogP contribution in [0.4, 0.5) is 43.9 Å². The zero-order chi connectivity index (χ0) is 35.5. The van der Waals surface area contributed by atoms with E-state index in [-0.39, 0.29) is 11.8 Å². The van der Waals surface area contributed by atoms with Gasteiger partial charge in [-0.25, -0.2) is 17.6 Å². The molecule has 0 aromatic heterocycles. The summed E-state index contributed by atoms with van der Waals surface area (Å²) < 4.78 is 133. The fraction of sp³-hybridized carbons (Fsp3) is 0.459. The smallest absolute Gasteiger partial charge is 0.399 e. The van der Waals surface area contributed by atoms with E-state index in [1.807, 2.05) is 37.3 Å². The van der Waals surface area contributed by atoms with E-state index in [2.05, 4.69) is 29.9 Å². The van der Waals surface area contributed by atoms with Crippen molar-refractivity contribution in [3.05, 3.63) is 113 Å². The molecule has 0 bridgehead atoms. The van der Waals surface area contributed by atoms with Gasteiger partial charge < -0.3 is 4.74 Å². The highest BCUT2D eigenvalue weighted by molar-refractivity contribution is 5.34. The second kappa shape index (κ2) is 17.8. The van der Waals surface area contributed by atoms with Crippen molar-refractivity contribution in [2.24, 2.45) is 11.8 Å². The standard InChI is InChI=1S/C19H21F5.C18H19F5O/c1-2-3-4-5-6-13-7-9-14(10-8-13)15-11-16(20)18(17(21)12-15)19(22,23)24;1-2-3-4-5-12-6-8-13(9-7-12)14-10-15(19)17(16(20)11-14)24-18(21,22)23/h3-6,11-14H,2,7-10H2,1H3;2-5,10-13H,6-9H2,1H3. The first-order chi connectivity index (χ1) is 22.6. The molecule has 0 heterocycles. The third kappa shape index (κ3) is 11.9. The van der Waals surface area contributed by atoms with Crippen molar-refractivity contribution < 1.29 is 48.6 Å². The molecule has 11 heteroatoms. The van der Waals surface area contributed by atoms with Crippen molar-refractivity contribution in [2.75, 3.05) is 0 Å². The number of hydrogen-bond acceptors (Lipinski definition) is 1. The summed E-state index contributed by atoms with van der Waals surface area (Å²) in [4.78, 5) is 0. The third-order valence-corrected chi connectivity index (χ3v) is 8.63. The summed E-state index contributed by atoms with van der Waals surface area (Å²) in [5.41, 5.74) is -1.09. The molecule has 0 atom stereocenters. The summed E-state index contributed by atoms with van der Waals surface area (Å²) in [6.07, 6.45) is 13.4. The minimum atomic E-state index is -5.12. The number of alkyl halides is 6. The highest BCUT2D eigenvalue weighted by Gasteiger charge is 2.38.